The number of amides is 1. The highest BCUT2D eigenvalue weighted by atomic mass is 16.5. The van der Waals surface area contributed by atoms with E-state index in [0.717, 1.165) is 5.56 Å². The highest BCUT2D eigenvalue weighted by Gasteiger charge is 2.27. The summed E-state index contributed by atoms with van der Waals surface area (Å²) in [4.78, 5) is 23.1. The number of carboxylic acids is 1. The SMILES string of the molecule is O=C(N[C@H](C/C=C/c1ccccc1)C(=O)O)[C@@H]1CCOC1. The molecule has 1 heterocycles. The van der Waals surface area contributed by atoms with Gasteiger partial charge in [0.25, 0.3) is 0 Å². The van der Waals surface area contributed by atoms with Crippen molar-refractivity contribution in [2.24, 2.45) is 5.92 Å². The molecule has 2 N–H and O–H groups in total. The summed E-state index contributed by atoms with van der Waals surface area (Å²) in [5.41, 5.74) is 0.997. The third kappa shape index (κ3) is 4.72. The van der Waals surface area contributed by atoms with Crippen LogP contribution in [0.15, 0.2) is 36.4 Å². The Bertz CT molecular complexity index is 506. The van der Waals surface area contributed by atoms with Crippen molar-refractivity contribution in [3.63, 3.8) is 0 Å². The van der Waals surface area contributed by atoms with Crippen molar-refractivity contribution < 1.29 is 19.4 Å². The minimum atomic E-state index is -1.03. The molecule has 1 aliphatic heterocycles. The number of carboxylic acid groups (broad SMARTS) is 1. The Kier molecular flexibility index (Phi) is 5.51. The van der Waals surface area contributed by atoms with Crippen molar-refractivity contribution in [2.45, 2.75) is 18.9 Å². The Labute approximate surface area is 123 Å². The van der Waals surface area contributed by atoms with Crippen molar-refractivity contribution in [1.29, 1.82) is 0 Å². The van der Waals surface area contributed by atoms with Gasteiger partial charge in [0.05, 0.1) is 12.5 Å². The van der Waals surface area contributed by atoms with Crippen LogP contribution in [-0.2, 0) is 14.3 Å². The molecule has 0 saturated carbocycles. The van der Waals surface area contributed by atoms with E-state index in [4.69, 9.17) is 4.74 Å². The van der Waals surface area contributed by atoms with Crippen molar-refractivity contribution in [1.82, 2.24) is 5.32 Å². The van der Waals surface area contributed by atoms with Crippen molar-refractivity contribution >= 4 is 18.0 Å². The first kappa shape index (κ1) is 15.3. The van der Waals surface area contributed by atoms with Crippen LogP contribution in [0.5, 0.6) is 0 Å². The van der Waals surface area contributed by atoms with Gasteiger partial charge in [-0.2, -0.15) is 0 Å². The van der Waals surface area contributed by atoms with Gasteiger partial charge in [-0.3, -0.25) is 4.79 Å². The van der Waals surface area contributed by atoms with E-state index in [2.05, 4.69) is 5.32 Å². The number of carbonyl (C=O) groups excluding carboxylic acids is 1. The van der Waals surface area contributed by atoms with Crippen molar-refractivity contribution in [3.05, 3.63) is 42.0 Å². The summed E-state index contributed by atoms with van der Waals surface area (Å²) in [5.74, 6) is -1.50. The summed E-state index contributed by atoms with van der Waals surface area (Å²) in [7, 11) is 0. The van der Waals surface area contributed by atoms with Gasteiger partial charge < -0.3 is 15.2 Å². The first-order valence-corrected chi connectivity index (χ1v) is 6.99. The largest absolute Gasteiger partial charge is 0.480 e. The van der Waals surface area contributed by atoms with Crippen LogP contribution < -0.4 is 5.32 Å². The second-order valence-corrected chi connectivity index (χ2v) is 5.01. The number of ether oxygens (including phenoxy) is 1. The van der Waals surface area contributed by atoms with Gasteiger partial charge in [0.1, 0.15) is 6.04 Å². The molecule has 1 aliphatic rings. The lowest BCUT2D eigenvalue weighted by atomic mass is 10.1. The minimum Gasteiger partial charge on any atom is -0.480 e. The maximum Gasteiger partial charge on any atom is 0.326 e. The van der Waals surface area contributed by atoms with Crippen LogP contribution in [0.1, 0.15) is 18.4 Å². The van der Waals surface area contributed by atoms with Gasteiger partial charge in [0, 0.05) is 6.61 Å². The van der Waals surface area contributed by atoms with E-state index in [1.165, 1.54) is 0 Å². The number of hydrogen-bond donors (Lipinski definition) is 2. The fourth-order valence-corrected chi connectivity index (χ4v) is 2.16. The molecule has 1 fully saturated rings. The van der Waals surface area contributed by atoms with Gasteiger partial charge >= 0.3 is 5.97 Å². The van der Waals surface area contributed by atoms with Crippen LogP contribution in [0.4, 0.5) is 0 Å². The number of carbonyl (C=O) groups is 2. The molecular weight excluding hydrogens is 270 g/mol. The smallest absolute Gasteiger partial charge is 0.326 e. The maximum absolute atomic E-state index is 11.9. The first-order chi connectivity index (χ1) is 10.2. The molecule has 1 aromatic rings. The number of rotatable bonds is 6. The fourth-order valence-electron chi connectivity index (χ4n) is 2.16. The van der Waals surface area contributed by atoms with E-state index in [-0.39, 0.29) is 18.2 Å². The molecule has 0 radical (unpaired) electrons. The van der Waals surface area contributed by atoms with E-state index in [1.807, 2.05) is 36.4 Å². The Morgan fingerprint density at radius 1 is 1.38 bits per heavy atom. The highest BCUT2D eigenvalue weighted by molar-refractivity contribution is 5.85. The van der Waals surface area contributed by atoms with Crippen LogP contribution in [-0.4, -0.2) is 36.2 Å². The van der Waals surface area contributed by atoms with Crippen LogP contribution in [0.2, 0.25) is 0 Å². The Morgan fingerprint density at radius 3 is 2.76 bits per heavy atom. The molecule has 1 saturated heterocycles. The standard InChI is InChI=1S/C16H19NO4/c18-15(13-9-10-21-11-13)17-14(16(19)20)8-4-7-12-5-2-1-3-6-12/h1-7,13-14H,8-11H2,(H,17,18)(H,19,20)/b7-4+/t13-,14-/m1/s1. The molecule has 21 heavy (non-hydrogen) atoms. The lowest BCUT2D eigenvalue weighted by molar-refractivity contribution is -0.142. The molecule has 1 amide bonds. The normalized spacial score (nSPS) is 19.5. The lowest BCUT2D eigenvalue weighted by Crippen LogP contribution is -2.43. The molecule has 0 aliphatic carbocycles. The fraction of sp³-hybridized carbons (Fsp3) is 0.375. The van der Waals surface area contributed by atoms with E-state index in [1.54, 1.807) is 6.08 Å². The summed E-state index contributed by atoms with van der Waals surface area (Å²) in [6, 6.07) is 8.70. The zero-order valence-corrected chi connectivity index (χ0v) is 11.7. The van der Waals surface area contributed by atoms with Crippen molar-refractivity contribution in [3.8, 4) is 0 Å². The van der Waals surface area contributed by atoms with Crippen LogP contribution in [0.25, 0.3) is 6.08 Å². The first-order valence-electron chi connectivity index (χ1n) is 6.99. The zero-order chi connectivity index (χ0) is 15.1. The molecule has 2 rings (SSSR count). The molecule has 0 spiro atoms. The third-order valence-electron chi connectivity index (χ3n) is 3.40. The Morgan fingerprint density at radius 2 is 2.14 bits per heavy atom. The van der Waals surface area contributed by atoms with Gasteiger partial charge in [-0.15, -0.1) is 0 Å². The maximum atomic E-state index is 11.9. The van der Waals surface area contributed by atoms with Crippen LogP contribution in [0.3, 0.4) is 0 Å². The summed E-state index contributed by atoms with van der Waals surface area (Å²) in [5, 5.41) is 11.8. The average molecular weight is 289 g/mol. The second-order valence-electron chi connectivity index (χ2n) is 5.01. The molecule has 0 aromatic heterocycles. The van der Waals surface area contributed by atoms with E-state index >= 15 is 0 Å². The second kappa shape index (κ2) is 7.59. The van der Waals surface area contributed by atoms with Crippen LogP contribution >= 0.6 is 0 Å². The third-order valence-corrected chi connectivity index (χ3v) is 3.40. The summed E-state index contributed by atoms with van der Waals surface area (Å²) in [6.45, 7) is 0.932. The predicted molar refractivity (Wildman–Crippen MR) is 78.6 cm³/mol. The molecule has 0 unspecified atom stereocenters. The summed E-state index contributed by atoms with van der Waals surface area (Å²) >= 11 is 0. The Hall–Kier alpha value is -2.14. The number of aliphatic carboxylic acids is 1. The summed E-state index contributed by atoms with van der Waals surface area (Å²) in [6.07, 6.45) is 4.52. The van der Waals surface area contributed by atoms with Gasteiger partial charge in [-0.25, -0.2) is 4.79 Å². The number of nitrogens with one attached hydrogen (secondary N) is 1. The monoisotopic (exact) mass is 289 g/mol. The minimum absolute atomic E-state index is 0.232. The molecule has 5 nitrogen and oxygen atoms in total. The zero-order valence-electron chi connectivity index (χ0n) is 11.7. The highest BCUT2D eigenvalue weighted by Crippen LogP contribution is 2.13. The van der Waals surface area contributed by atoms with E-state index in [9.17, 15) is 14.7 Å². The van der Waals surface area contributed by atoms with Gasteiger partial charge in [0.2, 0.25) is 5.91 Å². The molecule has 1 aromatic carbocycles. The molecular formula is C16H19NO4. The van der Waals surface area contributed by atoms with Crippen molar-refractivity contribution in [2.75, 3.05) is 13.2 Å². The Balaban J connectivity index is 1.88. The lowest BCUT2D eigenvalue weighted by Gasteiger charge is -2.15. The average Bonchev–Trinajstić information content (AvgIpc) is 3.01. The predicted octanol–water partition coefficient (Wildman–Crippen LogP) is 1.70. The van der Waals surface area contributed by atoms with Gasteiger partial charge in [0.15, 0.2) is 0 Å². The van der Waals surface area contributed by atoms with Gasteiger partial charge in [-0.05, 0) is 18.4 Å². The quantitative estimate of drug-likeness (QED) is 0.835. The number of hydrogen-bond acceptors (Lipinski definition) is 3. The van der Waals surface area contributed by atoms with Gasteiger partial charge in [-0.1, -0.05) is 42.5 Å². The molecule has 112 valence electrons. The summed E-state index contributed by atoms with van der Waals surface area (Å²) < 4.78 is 5.14. The topological polar surface area (TPSA) is 75.6 Å². The van der Waals surface area contributed by atoms with E-state index in [0.29, 0.717) is 19.6 Å². The molecule has 5 heteroatoms. The number of benzene rings is 1. The van der Waals surface area contributed by atoms with E-state index < -0.39 is 12.0 Å². The molecule has 2 atom stereocenters. The molecule has 0 bridgehead atoms. The van der Waals surface area contributed by atoms with Crippen LogP contribution in [0, 0.1) is 5.92 Å².